The van der Waals surface area contributed by atoms with Gasteiger partial charge in [-0.25, -0.2) is 0 Å². The van der Waals surface area contributed by atoms with Crippen LogP contribution < -0.4 is 0 Å². The highest BCUT2D eigenvalue weighted by Crippen LogP contribution is 2.04. The second-order valence-corrected chi connectivity index (χ2v) is 5.37. The van der Waals surface area contributed by atoms with Crippen molar-refractivity contribution in [2.45, 2.75) is 71.0 Å². The Hall–Kier alpha value is -1.83. The Balaban J connectivity index is 3.70. The molecule has 0 spiro atoms. The number of unbranched alkanes of at least 4 members (excludes halogenated alkanes) is 3. The van der Waals surface area contributed by atoms with Crippen LogP contribution in [-0.2, 0) is 4.79 Å². The molecule has 0 amide bonds. The number of carboxylic acids is 1. The lowest BCUT2D eigenvalue weighted by Crippen LogP contribution is -1.93. The largest absolute Gasteiger partial charge is 0.481 e. The van der Waals surface area contributed by atoms with Gasteiger partial charge in [-0.15, -0.1) is 0 Å². The first-order valence-electron chi connectivity index (χ1n) is 11.2. The third-order valence-electron chi connectivity index (χ3n) is 3.22. The van der Waals surface area contributed by atoms with Crippen LogP contribution in [0.15, 0.2) is 60.8 Å². The quantitative estimate of drug-likeness (QED) is 0.265. The van der Waals surface area contributed by atoms with Crippen molar-refractivity contribution in [1.29, 1.82) is 0 Å². The molecule has 0 aliphatic rings. The minimum atomic E-state index is -2.64. The van der Waals surface area contributed by atoms with Crippen LogP contribution in [-0.4, -0.2) is 11.1 Å². The molecule has 0 heterocycles. The highest BCUT2D eigenvalue weighted by Gasteiger charge is 1.94. The van der Waals surface area contributed by atoms with Crippen molar-refractivity contribution in [2.75, 3.05) is 0 Å². The Morgan fingerprint density at radius 1 is 0.792 bits per heavy atom. The Morgan fingerprint density at radius 3 is 1.79 bits per heavy atom. The summed E-state index contributed by atoms with van der Waals surface area (Å²) < 4.78 is 36.2. The molecule has 0 rings (SSSR count). The van der Waals surface area contributed by atoms with Crippen LogP contribution in [0.5, 0.6) is 0 Å². The molecule has 1 N–H and O–H groups in total. The topological polar surface area (TPSA) is 37.3 Å². The van der Waals surface area contributed by atoms with Gasteiger partial charge in [-0.05, 0) is 51.3 Å². The van der Waals surface area contributed by atoms with Gasteiger partial charge in [0, 0.05) is 13.3 Å². The predicted molar refractivity (Wildman–Crippen MR) is 105 cm³/mol. The fraction of sp³-hybridized carbons (Fsp3) is 0.500. The SMILES string of the molecule is [2H]C([2H])([2H])C([2H])([2H])C=CCC=CCC=CCC=CCC=CCCCCCC(=O)O. The average molecular weight is 336 g/mol. The number of carbonyl (C=O) groups is 1. The summed E-state index contributed by atoms with van der Waals surface area (Å²) in [6.07, 6.45) is 23.9. The number of carboxylic acid groups (broad SMARTS) is 1. The molecule has 2 nitrogen and oxygen atoms in total. The molecular formula is C22H34O2. The molecule has 0 aromatic carbocycles. The summed E-state index contributed by atoms with van der Waals surface area (Å²) in [6.45, 7) is -2.64. The molecule has 134 valence electrons. The minimum Gasteiger partial charge on any atom is -0.481 e. The van der Waals surface area contributed by atoms with Gasteiger partial charge in [-0.2, -0.15) is 0 Å². The molecule has 24 heavy (non-hydrogen) atoms. The normalized spacial score (nSPS) is 16.9. The van der Waals surface area contributed by atoms with Crippen LogP contribution in [0.2, 0.25) is 0 Å². The van der Waals surface area contributed by atoms with Crippen LogP contribution in [0.3, 0.4) is 0 Å². The predicted octanol–water partition coefficient (Wildman–Crippen LogP) is 6.77. The Bertz CT molecular complexity index is 585. The van der Waals surface area contributed by atoms with Gasteiger partial charge in [0.15, 0.2) is 0 Å². The summed E-state index contributed by atoms with van der Waals surface area (Å²) in [6, 6.07) is 0. The second-order valence-electron chi connectivity index (χ2n) is 5.37. The molecule has 0 unspecified atom stereocenters. The van der Waals surface area contributed by atoms with Gasteiger partial charge in [0.25, 0.3) is 0 Å². The summed E-state index contributed by atoms with van der Waals surface area (Å²) in [5.74, 6) is -0.720. The third kappa shape index (κ3) is 20.2. The first-order chi connectivity index (χ1) is 13.7. The van der Waals surface area contributed by atoms with Gasteiger partial charge < -0.3 is 5.11 Å². The van der Waals surface area contributed by atoms with Crippen LogP contribution in [0.4, 0.5) is 0 Å². The fourth-order valence-corrected chi connectivity index (χ4v) is 1.95. The number of rotatable bonds is 15. The zero-order chi connectivity index (χ0) is 22.0. The lowest BCUT2D eigenvalue weighted by Gasteiger charge is -1.94. The number of allylic oxidation sites excluding steroid dienone is 10. The summed E-state index contributed by atoms with van der Waals surface area (Å²) in [5.41, 5.74) is 0. The average Bonchev–Trinajstić information content (AvgIpc) is 2.62. The number of hydrogen-bond acceptors (Lipinski definition) is 1. The van der Waals surface area contributed by atoms with Crippen molar-refractivity contribution in [3.05, 3.63) is 60.8 Å². The molecule has 0 atom stereocenters. The number of aliphatic carboxylic acids is 1. The maximum absolute atomic E-state index is 10.4. The first-order valence-corrected chi connectivity index (χ1v) is 8.66. The molecule has 0 aliphatic heterocycles. The van der Waals surface area contributed by atoms with E-state index in [0.717, 1.165) is 51.0 Å². The van der Waals surface area contributed by atoms with Crippen LogP contribution in [0.25, 0.3) is 0 Å². The van der Waals surface area contributed by atoms with E-state index in [1.165, 1.54) is 0 Å². The van der Waals surface area contributed by atoms with Crippen LogP contribution in [0.1, 0.15) is 77.9 Å². The molecule has 2 heteroatoms. The molecule has 0 aliphatic carbocycles. The van der Waals surface area contributed by atoms with Gasteiger partial charge in [-0.3, -0.25) is 4.79 Å². The van der Waals surface area contributed by atoms with E-state index < -0.39 is 19.2 Å². The third-order valence-corrected chi connectivity index (χ3v) is 3.22. The van der Waals surface area contributed by atoms with Crippen molar-refractivity contribution in [3.63, 3.8) is 0 Å². The van der Waals surface area contributed by atoms with Crippen molar-refractivity contribution in [2.24, 2.45) is 0 Å². The summed E-state index contributed by atoms with van der Waals surface area (Å²) in [5, 5.41) is 8.54. The van der Waals surface area contributed by atoms with E-state index in [4.69, 9.17) is 12.0 Å². The van der Waals surface area contributed by atoms with E-state index in [1.54, 1.807) is 6.08 Å². The standard InChI is InChI=1S/C22H34O2/c1-2-3-4-5-6-7-8-9-10-11-12-13-14-15-16-17-18-19-20-21-22(23)24/h3-4,6-7,9-10,12-13,15-16H,2,5,8,11,14,17-21H2,1H3,(H,23,24)/i1D3,2D2. The maximum Gasteiger partial charge on any atom is 0.303 e. The lowest BCUT2D eigenvalue weighted by atomic mass is 10.1. The van der Waals surface area contributed by atoms with Gasteiger partial charge in [-0.1, -0.05) is 74.0 Å². The molecule has 0 bridgehead atoms. The molecule has 0 saturated carbocycles. The second kappa shape index (κ2) is 19.2. The first kappa shape index (κ1) is 14.5. The Kier molecular flexibility index (Phi) is 11.6. The van der Waals surface area contributed by atoms with E-state index in [1.807, 2.05) is 12.2 Å². The summed E-state index contributed by atoms with van der Waals surface area (Å²) >= 11 is 0. The molecule has 0 aromatic heterocycles. The summed E-state index contributed by atoms with van der Waals surface area (Å²) in [7, 11) is 0. The lowest BCUT2D eigenvalue weighted by molar-refractivity contribution is -0.137. The smallest absolute Gasteiger partial charge is 0.303 e. The molecular weight excluding hydrogens is 296 g/mol. The molecule has 0 fully saturated rings. The monoisotopic (exact) mass is 335 g/mol. The Morgan fingerprint density at radius 2 is 1.29 bits per heavy atom. The van der Waals surface area contributed by atoms with Gasteiger partial charge in [0.2, 0.25) is 0 Å². The minimum absolute atomic E-state index is 0.262. The fourth-order valence-electron chi connectivity index (χ4n) is 1.95. The highest BCUT2D eigenvalue weighted by atomic mass is 16.4. The zero-order valence-electron chi connectivity index (χ0n) is 19.5. The van der Waals surface area contributed by atoms with Gasteiger partial charge >= 0.3 is 5.97 Å². The van der Waals surface area contributed by atoms with Crippen LogP contribution >= 0.6 is 0 Å². The van der Waals surface area contributed by atoms with Crippen molar-refractivity contribution < 1.29 is 16.8 Å². The maximum atomic E-state index is 10.4. The van der Waals surface area contributed by atoms with Gasteiger partial charge in [0.05, 0.1) is 0 Å². The van der Waals surface area contributed by atoms with E-state index in [9.17, 15) is 4.79 Å². The van der Waals surface area contributed by atoms with Crippen molar-refractivity contribution in [3.8, 4) is 0 Å². The van der Waals surface area contributed by atoms with E-state index >= 15 is 0 Å². The van der Waals surface area contributed by atoms with Gasteiger partial charge in [0.1, 0.15) is 0 Å². The number of hydrogen-bond donors (Lipinski definition) is 1. The van der Waals surface area contributed by atoms with Crippen molar-refractivity contribution in [1.82, 2.24) is 0 Å². The molecule has 0 saturated heterocycles. The van der Waals surface area contributed by atoms with Crippen LogP contribution in [0, 0.1) is 0 Å². The van der Waals surface area contributed by atoms with E-state index in [0.29, 0.717) is 6.42 Å². The van der Waals surface area contributed by atoms with Crippen molar-refractivity contribution >= 4 is 5.97 Å². The summed E-state index contributed by atoms with van der Waals surface area (Å²) in [4.78, 5) is 10.4. The van der Waals surface area contributed by atoms with E-state index in [2.05, 4.69) is 36.5 Å². The zero-order valence-corrected chi connectivity index (χ0v) is 14.5. The molecule has 0 aromatic rings. The molecule has 0 radical (unpaired) electrons. The highest BCUT2D eigenvalue weighted by molar-refractivity contribution is 5.66. The Labute approximate surface area is 155 Å². The van der Waals surface area contributed by atoms with E-state index in [-0.39, 0.29) is 6.42 Å².